The maximum absolute atomic E-state index is 11.4. The molecule has 1 rings (SSSR count). The summed E-state index contributed by atoms with van der Waals surface area (Å²) in [6.45, 7) is 7.80. The van der Waals surface area contributed by atoms with Crippen molar-refractivity contribution in [1.29, 1.82) is 0 Å². The molecule has 0 saturated carbocycles. The van der Waals surface area contributed by atoms with Gasteiger partial charge in [-0.1, -0.05) is 43.2 Å². The zero-order valence-electron chi connectivity index (χ0n) is 11.7. The zero-order valence-corrected chi connectivity index (χ0v) is 11.7. The van der Waals surface area contributed by atoms with Crippen molar-refractivity contribution in [3.05, 3.63) is 35.4 Å². The van der Waals surface area contributed by atoms with Gasteiger partial charge in [0.05, 0.1) is 0 Å². The summed E-state index contributed by atoms with van der Waals surface area (Å²) < 4.78 is 0. The Morgan fingerprint density at radius 2 is 1.94 bits per heavy atom. The van der Waals surface area contributed by atoms with Gasteiger partial charge in [0.1, 0.15) is 5.54 Å². The van der Waals surface area contributed by atoms with Gasteiger partial charge in [0.25, 0.3) is 0 Å². The van der Waals surface area contributed by atoms with Crippen molar-refractivity contribution in [3.8, 4) is 0 Å². The summed E-state index contributed by atoms with van der Waals surface area (Å²) >= 11 is 0. The fourth-order valence-corrected chi connectivity index (χ4v) is 2.16. The van der Waals surface area contributed by atoms with Crippen LogP contribution in [0.3, 0.4) is 0 Å². The smallest absolute Gasteiger partial charge is 0.323 e. The number of carboxylic acids is 1. The molecule has 100 valence electrons. The molecule has 0 bridgehead atoms. The van der Waals surface area contributed by atoms with Gasteiger partial charge in [0.15, 0.2) is 0 Å². The lowest BCUT2D eigenvalue weighted by Crippen LogP contribution is -2.50. The number of hydrogen-bond acceptors (Lipinski definition) is 2. The first-order chi connectivity index (χ1) is 8.39. The van der Waals surface area contributed by atoms with Gasteiger partial charge in [-0.15, -0.1) is 0 Å². The number of benzene rings is 1. The average molecular weight is 249 g/mol. The SMILES string of the molecule is CCCC(C)(NC(C)c1ccc(C)cc1)C(=O)O. The molecule has 0 amide bonds. The van der Waals surface area contributed by atoms with E-state index in [1.165, 1.54) is 5.56 Å². The van der Waals surface area contributed by atoms with Crippen molar-refractivity contribution in [1.82, 2.24) is 5.32 Å². The van der Waals surface area contributed by atoms with Crippen molar-refractivity contribution >= 4 is 5.97 Å². The maximum atomic E-state index is 11.4. The summed E-state index contributed by atoms with van der Waals surface area (Å²) in [5.41, 5.74) is 1.46. The summed E-state index contributed by atoms with van der Waals surface area (Å²) in [6.07, 6.45) is 1.47. The number of aliphatic carboxylic acids is 1. The molecule has 0 heterocycles. The predicted molar refractivity (Wildman–Crippen MR) is 73.7 cm³/mol. The van der Waals surface area contributed by atoms with E-state index in [-0.39, 0.29) is 6.04 Å². The van der Waals surface area contributed by atoms with Crippen molar-refractivity contribution < 1.29 is 9.90 Å². The Balaban J connectivity index is 2.81. The Labute approximate surface area is 109 Å². The quantitative estimate of drug-likeness (QED) is 0.813. The number of carboxylic acid groups (broad SMARTS) is 1. The summed E-state index contributed by atoms with van der Waals surface area (Å²) in [4.78, 5) is 11.4. The fraction of sp³-hybridized carbons (Fsp3) is 0.533. The highest BCUT2D eigenvalue weighted by molar-refractivity contribution is 5.78. The minimum atomic E-state index is -0.862. The molecule has 0 aliphatic rings. The molecule has 1 aromatic rings. The van der Waals surface area contributed by atoms with E-state index in [1.807, 2.05) is 45.0 Å². The second-order valence-electron chi connectivity index (χ2n) is 5.16. The highest BCUT2D eigenvalue weighted by atomic mass is 16.4. The third-order valence-electron chi connectivity index (χ3n) is 3.33. The normalized spacial score (nSPS) is 16.0. The van der Waals surface area contributed by atoms with Crippen molar-refractivity contribution in [2.24, 2.45) is 0 Å². The highest BCUT2D eigenvalue weighted by Crippen LogP contribution is 2.20. The molecule has 0 fully saturated rings. The third kappa shape index (κ3) is 3.57. The molecule has 0 spiro atoms. The lowest BCUT2D eigenvalue weighted by molar-refractivity contribution is -0.144. The van der Waals surface area contributed by atoms with E-state index in [4.69, 9.17) is 0 Å². The minimum absolute atomic E-state index is 0.0262. The molecular formula is C15H23NO2. The van der Waals surface area contributed by atoms with Crippen molar-refractivity contribution in [2.45, 2.75) is 52.1 Å². The molecular weight excluding hydrogens is 226 g/mol. The summed E-state index contributed by atoms with van der Waals surface area (Å²) in [5.74, 6) is -0.789. The van der Waals surface area contributed by atoms with Crippen LogP contribution in [0.15, 0.2) is 24.3 Å². The van der Waals surface area contributed by atoms with Crippen LogP contribution in [0.5, 0.6) is 0 Å². The Morgan fingerprint density at radius 3 is 2.39 bits per heavy atom. The Morgan fingerprint density at radius 1 is 1.39 bits per heavy atom. The molecule has 2 atom stereocenters. The van der Waals surface area contributed by atoms with Gasteiger partial charge in [-0.2, -0.15) is 0 Å². The van der Waals surface area contributed by atoms with Crippen LogP contribution in [0.2, 0.25) is 0 Å². The van der Waals surface area contributed by atoms with Crippen LogP contribution in [0.1, 0.15) is 50.8 Å². The van der Waals surface area contributed by atoms with E-state index >= 15 is 0 Å². The Kier molecular flexibility index (Phi) is 4.91. The number of aryl methyl sites for hydroxylation is 1. The van der Waals surface area contributed by atoms with Gasteiger partial charge in [-0.3, -0.25) is 10.1 Å². The van der Waals surface area contributed by atoms with Gasteiger partial charge < -0.3 is 5.11 Å². The molecule has 2 unspecified atom stereocenters. The van der Waals surface area contributed by atoms with Gasteiger partial charge in [0, 0.05) is 6.04 Å². The van der Waals surface area contributed by atoms with E-state index in [2.05, 4.69) is 5.32 Å². The molecule has 0 radical (unpaired) electrons. The van der Waals surface area contributed by atoms with Gasteiger partial charge in [-0.25, -0.2) is 0 Å². The third-order valence-corrected chi connectivity index (χ3v) is 3.33. The van der Waals surface area contributed by atoms with Crippen LogP contribution < -0.4 is 5.32 Å². The van der Waals surface area contributed by atoms with E-state index in [0.717, 1.165) is 12.0 Å². The fourth-order valence-electron chi connectivity index (χ4n) is 2.16. The van der Waals surface area contributed by atoms with Crippen LogP contribution >= 0.6 is 0 Å². The lowest BCUT2D eigenvalue weighted by Gasteiger charge is -2.30. The average Bonchev–Trinajstić information content (AvgIpc) is 2.29. The predicted octanol–water partition coefficient (Wildman–Crippen LogP) is 3.29. The van der Waals surface area contributed by atoms with Gasteiger partial charge >= 0.3 is 5.97 Å². The molecule has 18 heavy (non-hydrogen) atoms. The van der Waals surface area contributed by atoms with E-state index < -0.39 is 11.5 Å². The molecule has 0 aliphatic carbocycles. The molecule has 2 N–H and O–H groups in total. The first-order valence-corrected chi connectivity index (χ1v) is 6.46. The summed E-state index contributed by atoms with van der Waals surface area (Å²) in [7, 11) is 0. The second kappa shape index (κ2) is 6.01. The molecule has 3 nitrogen and oxygen atoms in total. The summed E-state index contributed by atoms with van der Waals surface area (Å²) in [6, 6.07) is 8.21. The van der Waals surface area contributed by atoms with Crippen molar-refractivity contribution in [3.63, 3.8) is 0 Å². The van der Waals surface area contributed by atoms with Crippen LogP contribution in [-0.4, -0.2) is 16.6 Å². The Hall–Kier alpha value is -1.35. The molecule has 0 aromatic heterocycles. The van der Waals surface area contributed by atoms with Crippen LogP contribution in [0.4, 0.5) is 0 Å². The highest BCUT2D eigenvalue weighted by Gasteiger charge is 2.33. The van der Waals surface area contributed by atoms with Gasteiger partial charge in [0.2, 0.25) is 0 Å². The van der Waals surface area contributed by atoms with Crippen molar-refractivity contribution in [2.75, 3.05) is 0 Å². The number of hydrogen-bond donors (Lipinski definition) is 2. The van der Waals surface area contributed by atoms with Gasteiger partial charge in [-0.05, 0) is 32.8 Å². The standard InChI is InChI=1S/C15H23NO2/c1-5-10-15(4,14(17)18)16-12(3)13-8-6-11(2)7-9-13/h6-9,12,16H,5,10H2,1-4H3,(H,17,18). The van der Waals surface area contributed by atoms with Crippen LogP contribution in [0, 0.1) is 6.92 Å². The molecule has 1 aromatic carbocycles. The number of rotatable bonds is 6. The zero-order chi connectivity index (χ0) is 13.8. The van der Waals surface area contributed by atoms with Crippen LogP contribution in [-0.2, 0) is 4.79 Å². The van der Waals surface area contributed by atoms with E-state index in [0.29, 0.717) is 6.42 Å². The molecule has 3 heteroatoms. The van der Waals surface area contributed by atoms with E-state index in [9.17, 15) is 9.90 Å². The lowest BCUT2D eigenvalue weighted by atomic mass is 9.94. The number of nitrogens with one attached hydrogen (secondary N) is 1. The molecule has 0 saturated heterocycles. The Bertz CT molecular complexity index is 399. The largest absolute Gasteiger partial charge is 0.480 e. The first kappa shape index (κ1) is 14.7. The maximum Gasteiger partial charge on any atom is 0.323 e. The first-order valence-electron chi connectivity index (χ1n) is 6.46. The minimum Gasteiger partial charge on any atom is -0.480 e. The van der Waals surface area contributed by atoms with E-state index in [1.54, 1.807) is 6.92 Å². The molecule has 0 aliphatic heterocycles. The monoisotopic (exact) mass is 249 g/mol. The summed E-state index contributed by atoms with van der Waals surface area (Å²) in [5, 5.41) is 12.6. The topological polar surface area (TPSA) is 49.3 Å². The van der Waals surface area contributed by atoms with Crippen LogP contribution in [0.25, 0.3) is 0 Å². The second-order valence-corrected chi connectivity index (χ2v) is 5.16. The number of carbonyl (C=O) groups is 1.